The number of hydrogen-bond acceptors (Lipinski definition) is 11. The fourth-order valence-electron chi connectivity index (χ4n) is 2.44. The van der Waals surface area contributed by atoms with Crippen LogP contribution in [0.5, 0.6) is 0 Å². The van der Waals surface area contributed by atoms with Crippen molar-refractivity contribution in [3.63, 3.8) is 0 Å². The highest BCUT2D eigenvalue weighted by molar-refractivity contribution is 7.91. The highest BCUT2D eigenvalue weighted by Crippen LogP contribution is 2.30. The van der Waals surface area contributed by atoms with E-state index in [0.717, 1.165) is 24.3 Å². The van der Waals surface area contributed by atoms with Gasteiger partial charge in [-0.25, -0.2) is 17.4 Å². The molecule has 0 spiro atoms. The van der Waals surface area contributed by atoms with Crippen LogP contribution in [0.3, 0.4) is 0 Å². The summed E-state index contributed by atoms with van der Waals surface area (Å²) < 4.78 is 90.7. The van der Waals surface area contributed by atoms with Crippen molar-refractivity contribution in [1.82, 2.24) is 0 Å². The van der Waals surface area contributed by atoms with Crippen molar-refractivity contribution in [3.8, 4) is 0 Å². The van der Waals surface area contributed by atoms with Gasteiger partial charge in [-0.15, -0.1) is 5.11 Å². The van der Waals surface area contributed by atoms with Gasteiger partial charge in [-0.3, -0.25) is 9.11 Å². The molecule has 17 heteroatoms. The lowest BCUT2D eigenvalue weighted by molar-refractivity contribution is 0.0697. The smallest absolute Gasteiger partial charge is 0.397 e. The molecular formula is C16H17N3O11S3. The van der Waals surface area contributed by atoms with Crippen LogP contribution in [0.1, 0.15) is 10.4 Å². The van der Waals surface area contributed by atoms with Gasteiger partial charge in [0.2, 0.25) is 0 Å². The monoisotopic (exact) mass is 523 g/mol. The number of anilines is 1. The maximum Gasteiger partial charge on any atom is 0.397 e. The number of aromatic carboxylic acids is 1. The Morgan fingerprint density at radius 1 is 1.00 bits per heavy atom. The summed E-state index contributed by atoms with van der Waals surface area (Å²) in [5, 5.41) is 19.3. The maximum atomic E-state index is 12.4. The molecule has 2 aromatic rings. The standard InChI is InChI=1S/C16H17N3O11S3/c1-17-13-5-2-10(8-15(13)32(24,25)26)18-19-14-9-11(3-4-12(14)16(20)21)31(22,23)7-6-30-33(27,28)29/h2-5,8-9,17H,6-7H2,1H3,(H,20,21)(H,24,25,26)(H,27,28,29)/b19-18+. The third-order valence-electron chi connectivity index (χ3n) is 3.93. The molecule has 0 bridgehead atoms. The van der Waals surface area contributed by atoms with Gasteiger partial charge < -0.3 is 10.4 Å². The van der Waals surface area contributed by atoms with Gasteiger partial charge in [-0.05, 0) is 36.4 Å². The Morgan fingerprint density at radius 3 is 2.21 bits per heavy atom. The van der Waals surface area contributed by atoms with Gasteiger partial charge in [-0.2, -0.15) is 21.9 Å². The number of nitrogens with one attached hydrogen (secondary N) is 1. The van der Waals surface area contributed by atoms with Crippen LogP contribution in [0.2, 0.25) is 0 Å². The molecule has 0 saturated carbocycles. The minimum absolute atomic E-state index is 0.0582. The first-order valence-electron chi connectivity index (χ1n) is 8.57. The van der Waals surface area contributed by atoms with E-state index in [1.807, 2.05) is 0 Å². The molecular weight excluding hydrogens is 506 g/mol. The van der Waals surface area contributed by atoms with Crippen LogP contribution in [-0.2, 0) is 34.5 Å². The van der Waals surface area contributed by atoms with Crippen LogP contribution in [-0.4, -0.2) is 64.8 Å². The number of azo groups is 1. The van der Waals surface area contributed by atoms with Crippen molar-refractivity contribution >= 4 is 53.4 Å². The first-order valence-corrected chi connectivity index (χ1v) is 13.0. The predicted molar refractivity (Wildman–Crippen MR) is 113 cm³/mol. The molecule has 0 fully saturated rings. The lowest BCUT2D eigenvalue weighted by atomic mass is 10.2. The van der Waals surface area contributed by atoms with Crippen molar-refractivity contribution in [3.05, 3.63) is 42.0 Å². The van der Waals surface area contributed by atoms with Crippen LogP contribution in [0.15, 0.2) is 56.4 Å². The van der Waals surface area contributed by atoms with Gasteiger partial charge in [0.1, 0.15) is 10.6 Å². The summed E-state index contributed by atoms with van der Waals surface area (Å²) in [6.07, 6.45) is 0. The summed E-state index contributed by atoms with van der Waals surface area (Å²) >= 11 is 0. The average molecular weight is 524 g/mol. The molecule has 33 heavy (non-hydrogen) atoms. The third kappa shape index (κ3) is 7.27. The molecule has 0 radical (unpaired) electrons. The first kappa shape index (κ1) is 26.3. The molecule has 0 heterocycles. The van der Waals surface area contributed by atoms with E-state index in [0.29, 0.717) is 0 Å². The second-order valence-corrected chi connectivity index (χ2v) is 10.7. The highest BCUT2D eigenvalue weighted by Gasteiger charge is 2.20. The molecule has 0 aliphatic heterocycles. The quantitative estimate of drug-likeness (QED) is 0.258. The molecule has 0 aliphatic carbocycles. The summed E-state index contributed by atoms with van der Waals surface area (Å²) in [7, 11) is -12.2. The minimum Gasteiger partial charge on any atom is -0.478 e. The van der Waals surface area contributed by atoms with E-state index in [1.54, 1.807) is 0 Å². The number of rotatable bonds is 10. The van der Waals surface area contributed by atoms with E-state index >= 15 is 0 Å². The zero-order chi connectivity index (χ0) is 25.0. The Labute approximate surface area is 188 Å². The molecule has 0 unspecified atom stereocenters. The van der Waals surface area contributed by atoms with Gasteiger partial charge in [0.05, 0.1) is 34.2 Å². The lowest BCUT2D eigenvalue weighted by Gasteiger charge is -2.08. The molecule has 0 saturated heterocycles. The van der Waals surface area contributed by atoms with Crippen LogP contribution in [0.4, 0.5) is 17.1 Å². The maximum absolute atomic E-state index is 12.4. The lowest BCUT2D eigenvalue weighted by Crippen LogP contribution is -2.15. The molecule has 0 aliphatic rings. The van der Waals surface area contributed by atoms with E-state index in [-0.39, 0.29) is 11.4 Å². The second kappa shape index (κ2) is 9.89. The van der Waals surface area contributed by atoms with Crippen LogP contribution < -0.4 is 5.32 Å². The summed E-state index contributed by atoms with van der Waals surface area (Å²) in [5.41, 5.74) is -0.894. The van der Waals surface area contributed by atoms with Crippen molar-refractivity contribution < 1.29 is 48.4 Å². The molecule has 4 N–H and O–H groups in total. The number of carbonyl (C=O) groups is 1. The second-order valence-electron chi connectivity index (χ2n) is 6.16. The number of carboxylic acid groups (broad SMARTS) is 1. The minimum atomic E-state index is -4.85. The van der Waals surface area contributed by atoms with Crippen molar-refractivity contribution in [2.24, 2.45) is 10.2 Å². The topological polar surface area (TPSA) is 226 Å². The SMILES string of the molecule is CNc1ccc(/N=N/c2cc(S(=O)(=O)CCOS(=O)(=O)O)ccc2C(=O)O)cc1S(=O)(=O)O. The van der Waals surface area contributed by atoms with E-state index in [4.69, 9.17) is 4.55 Å². The summed E-state index contributed by atoms with van der Waals surface area (Å²) in [6, 6.07) is 6.27. The normalized spacial score (nSPS) is 12.7. The third-order valence-corrected chi connectivity index (χ3v) is 6.96. The first-order chi connectivity index (χ1) is 15.1. The zero-order valence-corrected chi connectivity index (χ0v) is 19.1. The molecule has 0 amide bonds. The Morgan fingerprint density at radius 2 is 1.67 bits per heavy atom. The molecule has 14 nitrogen and oxygen atoms in total. The fourth-order valence-corrected chi connectivity index (χ4v) is 4.66. The molecule has 2 aromatic carbocycles. The van der Waals surface area contributed by atoms with Crippen molar-refractivity contribution in [2.45, 2.75) is 9.79 Å². The molecule has 0 atom stereocenters. The predicted octanol–water partition coefficient (Wildman–Crippen LogP) is 1.68. The Kier molecular flexibility index (Phi) is 7.88. The van der Waals surface area contributed by atoms with E-state index < -0.39 is 69.7 Å². The van der Waals surface area contributed by atoms with Crippen LogP contribution in [0.25, 0.3) is 0 Å². The van der Waals surface area contributed by atoms with E-state index in [9.17, 15) is 39.7 Å². The Balaban J connectivity index is 2.46. The van der Waals surface area contributed by atoms with Gasteiger partial charge >= 0.3 is 16.4 Å². The largest absolute Gasteiger partial charge is 0.478 e. The van der Waals surface area contributed by atoms with Crippen molar-refractivity contribution in [2.75, 3.05) is 24.7 Å². The average Bonchev–Trinajstić information content (AvgIpc) is 2.69. The fraction of sp³-hybridized carbons (Fsp3) is 0.188. The van der Waals surface area contributed by atoms with Gasteiger partial charge in [0.15, 0.2) is 9.84 Å². The molecule has 180 valence electrons. The van der Waals surface area contributed by atoms with Crippen LogP contribution in [0, 0.1) is 0 Å². The summed E-state index contributed by atoms with van der Waals surface area (Å²) in [4.78, 5) is 10.5. The summed E-state index contributed by atoms with van der Waals surface area (Å²) in [5.74, 6) is -2.33. The Hall–Kier alpha value is -2.96. The number of nitrogens with zero attached hydrogens (tertiary/aromatic N) is 2. The number of hydrogen-bond donors (Lipinski definition) is 4. The molecule has 2 rings (SSSR count). The van der Waals surface area contributed by atoms with Gasteiger partial charge in [-0.1, -0.05) is 0 Å². The zero-order valence-electron chi connectivity index (χ0n) is 16.6. The Bertz CT molecular complexity index is 1420. The van der Waals surface area contributed by atoms with Gasteiger partial charge in [0.25, 0.3) is 10.1 Å². The van der Waals surface area contributed by atoms with E-state index in [1.165, 1.54) is 19.2 Å². The summed E-state index contributed by atoms with van der Waals surface area (Å²) in [6.45, 7) is -0.894. The molecule has 0 aromatic heterocycles. The number of benzene rings is 2. The highest BCUT2D eigenvalue weighted by atomic mass is 32.3. The van der Waals surface area contributed by atoms with Crippen molar-refractivity contribution in [1.29, 1.82) is 0 Å². The van der Waals surface area contributed by atoms with E-state index in [2.05, 4.69) is 19.7 Å². The van der Waals surface area contributed by atoms with Crippen LogP contribution >= 0.6 is 0 Å². The number of sulfone groups is 1. The number of carboxylic acids is 1. The van der Waals surface area contributed by atoms with Gasteiger partial charge in [0, 0.05) is 7.05 Å².